The number of rotatable bonds is 4. The second-order valence-corrected chi connectivity index (χ2v) is 6.78. The molecular weight excluding hydrogens is 395 g/mol. The van der Waals surface area contributed by atoms with Crippen LogP contribution in [0.1, 0.15) is 21.5 Å². The molecule has 144 valence electrons. The van der Waals surface area contributed by atoms with E-state index in [-0.39, 0.29) is 33.9 Å². The minimum absolute atomic E-state index is 0.0139. The molecule has 6 heteroatoms. The zero-order chi connectivity index (χ0) is 20.4. The van der Waals surface area contributed by atoms with E-state index in [9.17, 15) is 14.0 Å². The Labute approximate surface area is 170 Å². The molecule has 1 heterocycles. The molecule has 1 aromatic heterocycles. The van der Waals surface area contributed by atoms with Gasteiger partial charge in [0, 0.05) is 6.42 Å². The van der Waals surface area contributed by atoms with Crippen molar-refractivity contribution in [2.45, 2.75) is 6.42 Å². The van der Waals surface area contributed by atoms with Crippen molar-refractivity contribution >= 4 is 28.5 Å². The molecule has 0 bridgehead atoms. The Morgan fingerprint density at radius 3 is 2.52 bits per heavy atom. The molecule has 0 N–H and O–H groups in total. The fourth-order valence-electron chi connectivity index (χ4n) is 3.05. The highest BCUT2D eigenvalue weighted by Crippen LogP contribution is 2.35. The van der Waals surface area contributed by atoms with Crippen LogP contribution in [-0.4, -0.2) is 5.97 Å². The highest BCUT2D eigenvalue weighted by atomic mass is 35.5. The van der Waals surface area contributed by atoms with Gasteiger partial charge in [-0.25, -0.2) is 14.0 Å². The summed E-state index contributed by atoms with van der Waals surface area (Å²) in [7, 11) is 0. The Bertz CT molecular complexity index is 1270. The van der Waals surface area contributed by atoms with Crippen LogP contribution in [0, 0.1) is 5.82 Å². The van der Waals surface area contributed by atoms with E-state index >= 15 is 0 Å². The van der Waals surface area contributed by atoms with E-state index in [1.807, 2.05) is 30.3 Å². The van der Waals surface area contributed by atoms with E-state index in [0.29, 0.717) is 5.39 Å². The van der Waals surface area contributed by atoms with Crippen molar-refractivity contribution < 1.29 is 18.3 Å². The number of esters is 1. The van der Waals surface area contributed by atoms with Crippen molar-refractivity contribution in [3.63, 3.8) is 0 Å². The van der Waals surface area contributed by atoms with Gasteiger partial charge in [0.05, 0.1) is 21.5 Å². The monoisotopic (exact) mass is 408 g/mol. The first-order chi connectivity index (χ1) is 14.0. The number of ether oxygens (including phenoxy) is 1. The maximum atomic E-state index is 13.5. The van der Waals surface area contributed by atoms with Crippen LogP contribution in [0.5, 0.6) is 5.75 Å². The second-order valence-electron chi connectivity index (χ2n) is 6.37. The van der Waals surface area contributed by atoms with Gasteiger partial charge in [-0.2, -0.15) is 0 Å². The van der Waals surface area contributed by atoms with E-state index in [2.05, 4.69) is 0 Å². The largest absolute Gasteiger partial charge is 0.422 e. The molecule has 0 saturated heterocycles. The third kappa shape index (κ3) is 3.91. The van der Waals surface area contributed by atoms with E-state index in [1.165, 1.54) is 18.2 Å². The van der Waals surface area contributed by atoms with Crippen LogP contribution in [0.2, 0.25) is 5.02 Å². The predicted molar refractivity (Wildman–Crippen MR) is 108 cm³/mol. The molecule has 0 saturated carbocycles. The SMILES string of the molecule is O=C(Oc1c(Cc2ccccc2)c(=O)oc2cccc(Cl)c12)c1cccc(F)c1. The number of hydrogen-bond donors (Lipinski definition) is 0. The minimum Gasteiger partial charge on any atom is -0.422 e. The van der Waals surface area contributed by atoms with Crippen LogP contribution >= 0.6 is 11.6 Å². The maximum Gasteiger partial charge on any atom is 0.343 e. The summed E-state index contributed by atoms with van der Waals surface area (Å²) < 4.78 is 24.5. The standard InChI is InChI=1S/C23H14ClFO4/c24-18-10-5-11-19-20(18)21(29-22(26)15-8-4-9-16(25)13-15)17(23(27)28-19)12-14-6-2-1-3-7-14/h1-11,13H,12H2. The number of hydrogen-bond acceptors (Lipinski definition) is 4. The summed E-state index contributed by atoms with van der Waals surface area (Å²) in [6, 6.07) is 19.1. The van der Waals surface area contributed by atoms with Crippen molar-refractivity contribution in [2.24, 2.45) is 0 Å². The molecule has 0 spiro atoms. The van der Waals surface area contributed by atoms with E-state index in [4.69, 9.17) is 20.8 Å². The smallest absolute Gasteiger partial charge is 0.343 e. The van der Waals surface area contributed by atoms with Gasteiger partial charge < -0.3 is 9.15 Å². The Kier molecular flexibility index (Phi) is 5.14. The Morgan fingerprint density at radius 2 is 1.76 bits per heavy atom. The topological polar surface area (TPSA) is 56.5 Å². The van der Waals surface area contributed by atoms with Gasteiger partial charge in [-0.3, -0.25) is 0 Å². The fourth-order valence-corrected chi connectivity index (χ4v) is 3.30. The summed E-state index contributed by atoms with van der Waals surface area (Å²) in [6.45, 7) is 0. The van der Waals surface area contributed by atoms with Crippen molar-refractivity contribution in [3.05, 3.63) is 111 Å². The first kappa shape index (κ1) is 18.9. The Morgan fingerprint density at radius 1 is 1.00 bits per heavy atom. The molecule has 4 rings (SSSR count). The third-order valence-corrected chi connectivity index (χ3v) is 4.72. The average Bonchev–Trinajstić information content (AvgIpc) is 2.71. The number of carbonyl (C=O) groups excluding carboxylic acids is 1. The van der Waals surface area contributed by atoms with Gasteiger partial charge in [0.15, 0.2) is 5.75 Å². The van der Waals surface area contributed by atoms with Crippen molar-refractivity contribution in [3.8, 4) is 5.75 Å². The Hall–Kier alpha value is -3.44. The molecule has 0 aliphatic rings. The molecule has 0 atom stereocenters. The molecule has 29 heavy (non-hydrogen) atoms. The molecule has 0 aliphatic carbocycles. The first-order valence-corrected chi connectivity index (χ1v) is 9.16. The lowest BCUT2D eigenvalue weighted by Gasteiger charge is -2.13. The van der Waals surface area contributed by atoms with Crippen molar-refractivity contribution in [1.82, 2.24) is 0 Å². The number of carbonyl (C=O) groups is 1. The molecule has 0 fully saturated rings. The predicted octanol–water partition coefficient (Wildman–Crippen LogP) is 5.40. The van der Waals surface area contributed by atoms with Crippen LogP contribution in [0.3, 0.4) is 0 Å². The minimum atomic E-state index is -0.800. The summed E-state index contributed by atoms with van der Waals surface area (Å²) in [5.41, 5.74) is 0.562. The molecule has 0 unspecified atom stereocenters. The first-order valence-electron chi connectivity index (χ1n) is 8.79. The highest BCUT2D eigenvalue weighted by Gasteiger charge is 2.22. The maximum absolute atomic E-state index is 13.5. The number of fused-ring (bicyclic) bond motifs is 1. The molecule has 0 aliphatic heterocycles. The quantitative estimate of drug-likeness (QED) is 0.335. The van der Waals surface area contributed by atoms with E-state index in [0.717, 1.165) is 11.6 Å². The number of halogens is 2. The van der Waals surface area contributed by atoms with E-state index in [1.54, 1.807) is 18.2 Å². The highest BCUT2D eigenvalue weighted by molar-refractivity contribution is 6.36. The molecule has 4 aromatic rings. The van der Waals surface area contributed by atoms with Gasteiger partial charge in [-0.15, -0.1) is 0 Å². The van der Waals surface area contributed by atoms with Crippen LogP contribution in [0.4, 0.5) is 4.39 Å². The summed E-state index contributed by atoms with van der Waals surface area (Å²) in [4.78, 5) is 25.4. The summed E-state index contributed by atoms with van der Waals surface area (Å²) in [6.07, 6.45) is 0.177. The van der Waals surface area contributed by atoms with Crippen LogP contribution in [-0.2, 0) is 6.42 Å². The van der Waals surface area contributed by atoms with Crippen LogP contribution < -0.4 is 10.4 Å². The third-order valence-electron chi connectivity index (χ3n) is 4.40. The Balaban J connectivity index is 1.88. The molecule has 3 aromatic carbocycles. The molecular formula is C23H14ClFO4. The van der Waals surface area contributed by atoms with Crippen LogP contribution in [0.15, 0.2) is 82.0 Å². The molecule has 0 amide bonds. The lowest BCUT2D eigenvalue weighted by molar-refractivity contribution is 0.0734. The zero-order valence-corrected chi connectivity index (χ0v) is 15.8. The van der Waals surface area contributed by atoms with Crippen molar-refractivity contribution in [1.29, 1.82) is 0 Å². The molecule has 4 nitrogen and oxygen atoms in total. The summed E-state index contributed by atoms with van der Waals surface area (Å²) >= 11 is 6.33. The van der Waals surface area contributed by atoms with Gasteiger partial charge >= 0.3 is 11.6 Å². The summed E-state index contributed by atoms with van der Waals surface area (Å²) in [5.74, 6) is -1.36. The lowest BCUT2D eigenvalue weighted by Crippen LogP contribution is -2.16. The summed E-state index contributed by atoms with van der Waals surface area (Å²) in [5, 5.41) is 0.576. The number of benzene rings is 3. The van der Waals surface area contributed by atoms with Gasteiger partial charge in [0.2, 0.25) is 0 Å². The van der Waals surface area contributed by atoms with Gasteiger partial charge in [-0.05, 0) is 35.9 Å². The zero-order valence-electron chi connectivity index (χ0n) is 15.0. The van der Waals surface area contributed by atoms with Crippen molar-refractivity contribution in [2.75, 3.05) is 0 Å². The van der Waals surface area contributed by atoms with Gasteiger partial charge in [0.1, 0.15) is 11.4 Å². The molecule has 0 radical (unpaired) electrons. The second kappa shape index (κ2) is 7.89. The lowest BCUT2D eigenvalue weighted by atomic mass is 10.0. The van der Waals surface area contributed by atoms with Gasteiger partial charge in [-0.1, -0.05) is 54.1 Å². The normalized spacial score (nSPS) is 10.8. The van der Waals surface area contributed by atoms with Gasteiger partial charge in [0.25, 0.3) is 0 Å². The van der Waals surface area contributed by atoms with E-state index < -0.39 is 17.4 Å². The fraction of sp³-hybridized carbons (Fsp3) is 0.0435. The van der Waals surface area contributed by atoms with Crippen LogP contribution in [0.25, 0.3) is 11.0 Å². The average molecular weight is 409 g/mol.